The zero-order valence-electron chi connectivity index (χ0n) is 10.7. The van der Waals surface area contributed by atoms with Gasteiger partial charge in [0.25, 0.3) is 0 Å². The maximum atomic E-state index is 12.0. The number of nitrogens with zero attached hydrogens (tertiary/aromatic N) is 1. The summed E-state index contributed by atoms with van der Waals surface area (Å²) in [6, 6.07) is 6.26. The molecule has 112 valence electrons. The number of hydrogen-bond acceptors (Lipinski definition) is 5. The minimum atomic E-state index is -3.60. The number of aromatic nitrogens is 1. The lowest BCUT2D eigenvalue weighted by Gasteiger charge is -2.06. The molecule has 0 atom stereocenters. The van der Waals surface area contributed by atoms with Crippen LogP contribution in [-0.2, 0) is 14.8 Å². The molecule has 1 heterocycles. The summed E-state index contributed by atoms with van der Waals surface area (Å²) in [5, 5.41) is 4.82. The molecule has 0 bridgehead atoms. The average Bonchev–Trinajstić information content (AvgIpc) is 2.91. The molecule has 2 aromatic rings. The number of halogens is 1. The Morgan fingerprint density at radius 3 is 2.62 bits per heavy atom. The van der Waals surface area contributed by atoms with E-state index in [1.807, 2.05) is 0 Å². The average molecular weight is 390 g/mol. The number of carbonyl (C=O) groups is 1. The lowest BCUT2D eigenvalue weighted by molar-refractivity contribution is -0.116. The van der Waals surface area contributed by atoms with Gasteiger partial charge in [-0.1, -0.05) is 15.9 Å². The monoisotopic (exact) mass is 389 g/mol. The van der Waals surface area contributed by atoms with Crippen molar-refractivity contribution in [2.45, 2.75) is 11.3 Å². The molecular formula is C12H12BrN3O3S2. The van der Waals surface area contributed by atoms with Crippen LogP contribution in [0.1, 0.15) is 6.42 Å². The highest BCUT2D eigenvalue weighted by Gasteiger charge is 2.14. The predicted octanol–water partition coefficient (Wildman–Crippen LogP) is 2.21. The highest BCUT2D eigenvalue weighted by molar-refractivity contribution is 9.10. The smallest absolute Gasteiger partial charge is 0.240 e. The van der Waals surface area contributed by atoms with Crippen molar-refractivity contribution in [1.82, 2.24) is 9.71 Å². The molecule has 0 spiro atoms. The van der Waals surface area contributed by atoms with Crippen LogP contribution in [0, 0.1) is 0 Å². The van der Waals surface area contributed by atoms with Crippen LogP contribution < -0.4 is 10.0 Å². The summed E-state index contributed by atoms with van der Waals surface area (Å²) in [6.45, 7) is 0.0234. The Morgan fingerprint density at radius 1 is 1.29 bits per heavy atom. The van der Waals surface area contributed by atoms with Crippen LogP contribution in [0.4, 0.5) is 5.13 Å². The first-order valence-electron chi connectivity index (χ1n) is 5.92. The molecule has 21 heavy (non-hydrogen) atoms. The van der Waals surface area contributed by atoms with Crippen LogP contribution in [0.5, 0.6) is 0 Å². The normalized spacial score (nSPS) is 11.3. The lowest BCUT2D eigenvalue weighted by Crippen LogP contribution is -2.27. The van der Waals surface area contributed by atoms with Crippen molar-refractivity contribution in [2.75, 3.05) is 11.9 Å². The topological polar surface area (TPSA) is 88.2 Å². The van der Waals surface area contributed by atoms with Crippen molar-refractivity contribution in [3.05, 3.63) is 40.3 Å². The van der Waals surface area contributed by atoms with E-state index in [0.29, 0.717) is 5.13 Å². The van der Waals surface area contributed by atoms with Gasteiger partial charge in [-0.3, -0.25) is 4.79 Å². The second-order valence-electron chi connectivity index (χ2n) is 3.99. The fraction of sp³-hybridized carbons (Fsp3) is 0.167. The van der Waals surface area contributed by atoms with Crippen molar-refractivity contribution >= 4 is 48.3 Å². The molecule has 0 aliphatic carbocycles. The standard InChI is InChI=1S/C12H12BrN3O3S2/c13-9-1-3-10(4-2-9)21(18,19)15-6-5-11(17)16-12-14-7-8-20-12/h1-4,7-8,15H,5-6H2,(H,14,16,17). The van der Waals surface area contributed by atoms with E-state index in [0.717, 1.165) is 4.47 Å². The molecule has 0 aliphatic rings. The first kappa shape index (κ1) is 16.1. The van der Waals surface area contributed by atoms with Gasteiger partial charge >= 0.3 is 0 Å². The molecule has 1 aromatic heterocycles. The third kappa shape index (κ3) is 4.88. The number of sulfonamides is 1. The van der Waals surface area contributed by atoms with Gasteiger partial charge in [0.15, 0.2) is 5.13 Å². The van der Waals surface area contributed by atoms with Crippen molar-refractivity contribution in [3.8, 4) is 0 Å². The Bertz CT molecular complexity index is 700. The quantitative estimate of drug-likeness (QED) is 0.792. The van der Waals surface area contributed by atoms with Crippen LogP contribution in [0.25, 0.3) is 0 Å². The van der Waals surface area contributed by atoms with Gasteiger partial charge in [-0.2, -0.15) is 0 Å². The summed E-state index contributed by atoms with van der Waals surface area (Å²) in [5.74, 6) is -0.288. The van der Waals surface area contributed by atoms with E-state index in [-0.39, 0.29) is 23.8 Å². The van der Waals surface area contributed by atoms with Gasteiger partial charge in [-0.05, 0) is 24.3 Å². The van der Waals surface area contributed by atoms with Gasteiger partial charge in [0.1, 0.15) is 0 Å². The van der Waals surface area contributed by atoms with Crippen LogP contribution in [0.3, 0.4) is 0 Å². The zero-order chi connectivity index (χ0) is 15.3. The number of hydrogen-bond donors (Lipinski definition) is 2. The van der Waals surface area contributed by atoms with E-state index in [1.54, 1.807) is 23.7 Å². The highest BCUT2D eigenvalue weighted by Crippen LogP contribution is 2.14. The summed E-state index contributed by atoms with van der Waals surface area (Å²) in [7, 11) is -3.60. The molecule has 1 aromatic carbocycles. The maximum Gasteiger partial charge on any atom is 0.240 e. The Balaban J connectivity index is 1.84. The van der Waals surface area contributed by atoms with E-state index < -0.39 is 10.0 Å². The molecule has 0 unspecified atom stereocenters. The van der Waals surface area contributed by atoms with Gasteiger partial charge in [0, 0.05) is 29.0 Å². The second-order valence-corrected chi connectivity index (χ2v) is 7.56. The molecular weight excluding hydrogens is 378 g/mol. The summed E-state index contributed by atoms with van der Waals surface area (Å²) in [5.41, 5.74) is 0. The van der Waals surface area contributed by atoms with Crippen LogP contribution >= 0.6 is 27.3 Å². The Hall–Kier alpha value is -1.29. The van der Waals surface area contributed by atoms with E-state index in [1.165, 1.54) is 23.5 Å². The minimum absolute atomic E-state index is 0.0234. The number of nitrogens with one attached hydrogen (secondary N) is 2. The van der Waals surface area contributed by atoms with Gasteiger partial charge in [-0.15, -0.1) is 11.3 Å². The van der Waals surface area contributed by atoms with Gasteiger partial charge in [0.2, 0.25) is 15.9 Å². The Morgan fingerprint density at radius 2 is 2.00 bits per heavy atom. The second kappa shape index (κ2) is 7.12. The van der Waals surface area contributed by atoms with E-state index in [2.05, 4.69) is 31.0 Å². The van der Waals surface area contributed by atoms with Crippen LogP contribution in [-0.4, -0.2) is 25.9 Å². The van der Waals surface area contributed by atoms with E-state index in [9.17, 15) is 13.2 Å². The van der Waals surface area contributed by atoms with E-state index >= 15 is 0 Å². The summed E-state index contributed by atoms with van der Waals surface area (Å²) < 4.78 is 27.1. The SMILES string of the molecule is O=C(CCNS(=O)(=O)c1ccc(Br)cc1)Nc1nccs1. The van der Waals surface area contributed by atoms with Crippen LogP contribution in [0.15, 0.2) is 45.2 Å². The Kier molecular flexibility index (Phi) is 5.45. The van der Waals surface area contributed by atoms with Crippen molar-refractivity contribution in [3.63, 3.8) is 0 Å². The van der Waals surface area contributed by atoms with Gasteiger partial charge < -0.3 is 5.32 Å². The van der Waals surface area contributed by atoms with Crippen molar-refractivity contribution < 1.29 is 13.2 Å². The molecule has 6 nitrogen and oxygen atoms in total. The number of rotatable bonds is 6. The molecule has 1 amide bonds. The zero-order valence-corrected chi connectivity index (χ0v) is 14.0. The molecule has 0 aliphatic heterocycles. The molecule has 0 saturated heterocycles. The van der Waals surface area contributed by atoms with Crippen molar-refractivity contribution in [1.29, 1.82) is 0 Å². The fourth-order valence-corrected chi connectivity index (χ4v) is 3.30. The predicted molar refractivity (Wildman–Crippen MR) is 84.7 cm³/mol. The first-order chi connectivity index (χ1) is 9.97. The molecule has 2 rings (SSSR count). The highest BCUT2D eigenvalue weighted by atomic mass is 79.9. The summed E-state index contributed by atoms with van der Waals surface area (Å²) >= 11 is 4.54. The molecule has 9 heteroatoms. The third-order valence-corrected chi connectivity index (χ3v) is 5.14. The minimum Gasteiger partial charge on any atom is -0.302 e. The molecule has 0 fully saturated rings. The van der Waals surface area contributed by atoms with Crippen LogP contribution in [0.2, 0.25) is 0 Å². The first-order valence-corrected chi connectivity index (χ1v) is 9.07. The van der Waals surface area contributed by atoms with Gasteiger partial charge in [0.05, 0.1) is 4.90 Å². The number of thiazole rings is 1. The third-order valence-electron chi connectivity index (χ3n) is 2.45. The number of anilines is 1. The van der Waals surface area contributed by atoms with Gasteiger partial charge in [-0.25, -0.2) is 18.1 Å². The molecule has 0 saturated carbocycles. The fourth-order valence-electron chi connectivity index (χ4n) is 1.46. The van der Waals surface area contributed by atoms with Crippen molar-refractivity contribution in [2.24, 2.45) is 0 Å². The van der Waals surface area contributed by atoms with E-state index in [4.69, 9.17) is 0 Å². The number of benzene rings is 1. The number of amides is 1. The molecule has 0 radical (unpaired) electrons. The lowest BCUT2D eigenvalue weighted by atomic mass is 10.4. The summed E-state index contributed by atoms with van der Waals surface area (Å²) in [6.07, 6.45) is 1.62. The largest absolute Gasteiger partial charge is 0.302 e. The summed E-state index contributed by atoms with van der Waals surface area (Å²) in [4.78, 5) is 15.7. The number of carbonyl (C=O) groups excluding carboxylic acids is 1. The molecule has 2 N–H and O–H groups in total. The Labute approximate surface area is 134 Å². The maximum absolute atomic E-state index is 12.0.